The van der Waals surface area contributed by atoms with Gasteiger partial charge in [-0.15, -0.1) is 11.3 Å². The van der Waals surface area contributed by atoms with Crippen molar-refractivity contribution in [2.75, 3.05) is 0 Å². The summed E-state index contributed by atoms with van der Waals surface area (Å²) < 4.78 is 12.6. The molecule has 15 heavy (non-hydrogen) atoms. The van der Waals surface area contributed by atoms with Crippen LogP contribution in [-0.4, -0.2) is 9.97 Å². The van der Waals surface area contributed by atoms with Gasteiger partial charge in [0.05, 0.1) is 22.9 Å². The lowest BCUT2D eigenvalue weighted by Gasteiger charge is -2.08. The van der Waals surface area contributed by atoms with Crippen LogP contribution in [0.25, 0.3) is 0 Å². The van der Waals surface area contributed by atoms with Crippen molar-refractivity contribution in [2.24, 2.45) is 5.73 Å². The number of hydrogen-bond donors (Lipinski definition) is 1. The lowest BCUT2D eigenvalue weighted by molar-refractivity contribution is 0.612. The Labute approximate surface area is 90.8 Å². The molecule has 3 nitrogen and oxygen atoms in total. The molecule has 2 aromatic heterocycles. The third-order valence-corrected chi connectivity index (χ3v) is 2.81. The van der Waals surface area contributed by atoms with Crippen LogP contribution in [0.5, 0.6) is 0 Å². The van der Waals surface area contributed by atoms with Crippen LogP contribution in [0.3, 0.4) is 0 Å². The van der Waals surface area contributed by atoms with Crippen molar-refractivity contribution in [3.8, 4) is 0 Å². The molecule has 2 N–H and O–H groups in total. The molecule has 1 atom stereocenters. The van der Waals surface area contributed by atoms with Crippen LogP contribution >= 0.6 is 11.3 Å². The summed E-state index contributed by atoms with van der Waals surface area (Å²) in [5.74, 6) is -0.347. The molecule has 1 unspecified atom stereocenters. The number of thiazole rings is 1. The van der Waals surface area contributed by atoms with Crippen LogP contribution in [0.15, 0.2) is 29.9 Å². The van der Waals surface area contributed by atoms with Crippen LogP contribution in [0.4, 0.5) is 4.39 Å². The van der Waals surface area contributed by atoms with Gasteiger partial charge in [-0.25, -0.2) is 9.37 Å². The van der Waals surface area contributed by atoms with Gasteiger partial charge in [0, 0.05) is 18.0 Å². The smallest absolute Gasteiger partial charge is 0.141 e. The number of hydrogen-bond acceptors (Lipinski definition) is 4. The Morgan fingerprint density at radius 2 is 2.27 bits per heavy atom. The summed E-state index contributed by atoms with van der Waals surface area (Å²) in [6, 6.07) is 2.74. The van der Waals surface area contributed by atoms with Gasteiger partial charge in [-0.2, -0.15) is 0 Å². The van der Waals surface area contributed by atoms with E-state index in [-0.39, 0.29) is 11.9 Å². The summed E-state index contributed by atoms with van der Waals surface area (Å²) in [5, 5.41) is 2.87. The van der Waals surface area contributed by atoms with E-state index in [1.54, 1.807) is 23.6 Å². The normalized spacial score (nSPS) is 12.7. The number of aromatic nitrogens is 2. The standard InChI is InChI=1S/C10H10FN3S/c11-7-1-2-9(14-6-7)8(12)5-10-13-3-4-15-10/h1-4,6,8H,5,12H2. The molecule has 0 aliphatic rings. The molecule has 0 fully saturated rings. The van der Waals surface area contributed by atoms with Crippen molar-refractivity contribution in [3.05, 3.63) is 46.4 Å². The van der Waals surface area contributed by atoms with E-state index in [2.05, 4.69) is 9.97 Å². The van der Waals surface area contributed by atoms with E-state index in [0.717, 1.165) is 5.01 Å². The number of pyridine rings is 1. The van der Waals surface area contributed by atoms with Crippen LogP contribution in [-0.2, 0) is 6.42 Å². The topological polar surface area (TPSA) is 51.8 Å². The zero-order valence-electron chi connectivity index (χ0n) is 7.93. The largest absolute Gasteiger partial charge is 0.322 e. The summed E-state index contributed by atoms with van der Waals surface area (Å²) in [6.07, 6.45) is 3.55. The van der Waals surface area contributed by atoms with Crippen LogP contribution < -0.4 is 5.73 Å². The second kappa shape index (κ2) is 4.46. The molecule has 2 rings (SSSR count). The predicted molar refractivity (Wildman–Crippen MR) is 56.9 cm³/mol. The van der Waals surface area contributed by atoms with E-state index in [1.807, 2.05) is 5.38 Å². The zero-order chi connectivity index (χ0) is 10.7. The Bertz CT molecular complexity index is 413. The Morgan fingerprint density at radius 3 is 2.87 bits per heavy atom. The molecule has 0 aliphatic heterocycles. The summed E-state index contributed by atoms with van der Waals surface area (Å²) >= 11 is 1.56. The molecule has 0 radical (unpaired) electrons. The molecule has 5 heteroatoms. The third-order valence-electron chi connectivity index (χ3n) is 2.01. The molecular weight excluding hydrogens is 213 g/mol. The minimum absolute atomic E-state index is 0.225. The van der Waals surface area contributed by atoms with Gasteiger partial charge in [0.2, 0.25) is 0 Å². The fourth-order valence-corrected chi connectivity index (χ4v) is 1.93. The molecule has 2 heterocycles. The number of nitrogens with zero attached hydrogens (tertiary/aromatic N) is 2. The molecular formula is C10H10FN3S. The first kappa shape index (κ1) is 10.2. The Balaban J connectivity index is 2.08. The maximum atomic E-state index is 12.6. The minimum Gasteiger partial charge on any atom is -0.322 e. The van der Waals surface area contributed by atoms with Crippen molar-refractivity contribution >= 4 is 11.3 Å². The second-order valence-corrected chi connectivity index (χ2v) is 4.12. The lowest BCUT2D eigenvalue weighted by Crippen LogP contribution is -2.14. The van der Waals surface area contributed by atoms with Crippen molar-refractivity contribution in [1.29, 1.82) is 0 Å². The summed E-state index contributed by atoms with van der Waals surface area (Å²) in [5.41, 5.74) is 6.60. The van der Waals surface area contributed by atoms with Gasteiger partial charge >= 0.3 is 0 Å². The quantitative estimate of drug-likeness (QED) is 0.864. The van der Waals surface area contributed by atoms with E-state index in [1.165, 1.54) is 12.3 Å². The van der Waals surface area contributed by atoms with Gasteiger partial charge in [-0.3, -0.25) is 4.98 Å². The van der Waals surface area contributed by atoms with Gasteiger partial charge in [0.1, 0.15) is 5.82 Å². The highest BCUT2D eigenvalue weighted by Gasteiger charge is 2.09. The molecule has 78 valence electrons. The molecule has 0 spiro atoms. The van der Waals surface area contributed by atoms with Gasteiger partial charge in [0.15, 0.2) is 0 Å². The summed E-state index contributed by atoms with van der Waals surface area (Å²) in [6.45, 7) is 0. The second-order valence-electron chi connectivity index (χ2n) is 3.14. The van der Waals surface area contributed by atoms with Crippen LogP contribution in [0.2, 0.25) is 0 Å². The highest BCUT2D eigenvalue weighted by Crippen LogP contribution is 2.15. The fourth-order valence-electron chi connectivity index (χ4n) is 1.25. The van der Waals surface area contributed by atoms with Crippen molar-refractivity contribution in [2.45, 2.75) is 12.5 Å². The average Bonchev–Trinajstić information content (AvgIpc) is 2.71. The summed E-state index contributed by atoms with van der Waals surface area (Å²) in [7, 11) is 0. The molecule has 2 aromatic rings. The lowest BCUT2D eigenvalue weighted by atomic mass is 10.1. The maximum Gasteiger partial charge on any atom is 0.141 e. The van der Waals surface area contributed by atoms with E-state index in [0.29, 0.717) is 12.1 Å². The van der Waals surface area contributed by atoms with Crippen molar-refractivity contribution in [1.82, 2.24) is 9.97 Å². The van der Waals surface area contributed by atoms with Gasteiger partial charge < -0.3 is 5.73 Å². The van der Waals surface area contributed by atoms with E-state index >= 15 is 0 Å². The van der Waals surface area contributed by atoms with Crippen LogP contribution in [0.1, 0.15) is 16.7 Å². The van der Waals surface area contributed by atoms with Crippen molar-refractivity contribution < 1.29 is 4.39 Å². The monoisotopic (exact) mass is 223 g/mol. The molecule has 0 amide bonds. The zero-order valence-corrected chi connectivity index (χ0v) is 8.75. The van der Waals surface area contributed by atoms with Crippen LogP contribution in [0, 0.1) is 5.82 Å². The minimum atomic E-state index is -0.347. The Kier molecular flexibility index (Phi) is 3.03. The van der Waals surface area contributed by atoms with Gasteiger partial charge in [-0.05, 0) is 12.1 Å². The molecule has 0 saturated heterocycles. The fraction of sp³-hybridized carbons (Fsp3) is 0.200. The van der Waals surface area contributed by atoms with Crippen molar-refractivity contribution in [3.63, 3.8) is 0 Å². The average molecular weight is 223 g/mol. The first-order valence-corrected chi connectivity index (χ1v) is 5.39. The number of nitrogens with two attached hydrogens (primary N) is 1. The Morgan fingerprint density at radius 1 is 1.40 bits per heavy atom. The Hall–Kier alpha value is -1.33. The van der Waals surface area contributed by atoms with Gasteiger partial charge in [-0.1, -0.05) is 0 Å². The van der Waals surface area contributed by atoms with Gasteiger partial charge in [0.25, 0.3) is 0 Å². The molecule has 0 aromatic carbocycles. The first-order valence-electron chi connectivity index (χ1n) is 4.51. The highest BCUT2D eigenvalue weighted by atomic mass is 32.1. The number of halogens is 1. The van der Waals surface area contributed by atoms with E-state index in [4.69, 9.17) is 5.73 Å². The first-order chi connectivity index (χ1) is 7.25. The third kappa shape index (κ3) is 2.57. The predicted octanol–water partition coefficient (Wildman–Crippen LogP) is 1.92. The maximum absolute atomic E-state index is 12.6. The summed E-state index contributed by atoms with van der Waals surface area (Å²) in [4.78, 5) is 8.07. The highest BCUT2D eigenvalue weighted by molar-refractivity contribution is 7.09. The molecule has 0 aliphatic carbocycles. The van der Waals surface area contributed by atoms with E-state index < -0.39 is 0 Å². The number of rotatable bonds is 3. The molecule has 0 saturated carbocycles. The van der Waals surface area contributed by atoms with E-state index in [9.17, 15) is 4.39 Å². The SMILES string of the molecule is NC(Cc1nccs1)c1ccc(F)cn1. The molecule has 0 bridgehead atoms.